The standard InChI is InChI=1S/C23H23N3O2S.ClH/c1-25(2)13-14-26(23-24-21-19(28-3)9-6-10-20(21)29-23)22(27)18-12-11-16-7-4-5-8-17(16)15-18;/h4-12,15H,13-14H2,1-3H3;1H. The molecule has 4 rings (SSSR count). The Morgan fingerprint density at radius 1 is 1.00 bits per heavy atom. The van der Waals surface area contributed by atoms with Gasteiger partial charge in [-0.25, -0.2) is 4.98 Å². The van der Waals surface area contributed by atoms with Crippen molar-refractivity contribution in [2.45, 2.75) is 0 Å². The second-order valence-electron chi connectivity index (χ2n) is 7.13. The lowest BCUT2D eigenvalue weighted by Crippen LogP contribution is -2.36. The number of methoxy groups -OCH3 is 1. The van der Waals surface area contributed by atoms with Crippen LogP contribution in [0.1, 0.15) is 10.4 Å². The van der Waals surface area contributed by atoms with Crippen LogP contribution in [0.4, 0.5) is 5.13 Å². The van der Waals surface area contributed by atoms with Crippen LogP contribution in [0.2, 0.25) is 0 Å². The minimum Gasteiger partial charge on any atom is -0.494 e. The highest BCUT2D eigenvalue weighted by atomic mass is 35.5. The lowest BCUT2D eigenvalue weighted by Gasteiger charge is -2.22. The van der Waals surface area contributed by atoms with Crippen molar-refractivity contribution in [3.8, 4) is 5.75 Å². The van der Waals surface area contributed by atoms with Crippen molar-refractivity contribution in [3.05, 3.63) is 66.2 Å². The molecule has 0 aliphatic rings. The molecule has 0 aliphatic heterocycles. The molecule has 4 aromatic rings. The number of likely N-dealkylation sites (N-methyl/N-ethyl adjacent to an activating group) is 1. The Hall–Kier alpha value is -2.67. The van der Waals surface area contributed by atoms with Gasteiger partial charge in [0.05, 0.1) is 11.8 Å². The van der Waals surface area contributed by atoms with E-state index in [0.717, 1.165) is 33.3 Å². The van der Waals surface area contributed by atoms with Gasteiger partial charge in [0.2, 0.25) is 0 Å². The van der Waals surface area contributed by atoms with Gasteiger partial charge in [-0.15, -0.1) is 12.4 Å². The number of anilines is 1. The number of rotatable bonds is 6. The molecule has 5 nitrogen and oxygen atoms in total. The smallest absolute Gasteiger partial charge is 0.260 e. The van der Waals surface area contributed by atoms with Crippen molar-refractivity contribution < 1.29 is 9.53 Å². The van der Waals surface area contributed by atoms with E-state index in [1.165, 1.54) is 11.3 Å². The summed E-state index contributed by atoms with van der Waals surface area (Å²) in [6.07, 6.45) is 0. The molecule has 156 valence electrons. The van der Waals surface area contributed by atoms with E-state index in [0.29, 0.717) is 17.2 Å². The average Bonchev–Trinajstić information content (AvgIpc) is 3.17. The molecule has 3 aromatic carbocycles. The fourth-order valence-corrected chi connectivity index (χ4v) is 4.26. The van der Waals surface area contributed by atoms with Crippen molar-refractivity contribution in [1.29, 1.82) is 0 Å². The molecule has 7 heteroatoms. The second-order valence-corrected chi connectivity index (χ2v) is 8.13. The molecule has 0 fully saturated rings. The highest BCUT2D eigenvalue weighted by Crippen LogP contribution is 2.34. The highest BCUT2D eigenvalue weighted by Gasteiger charge is 2.22. The molecule has 0 aliphatic carbocycles. The van der Waals surface area contributed by atoms with E-state index in [2.05, 4.69) is 4.90 Å². The van der Waals surface area contributed by atoms with Gasteiger partial charge < -0.3 is 9.64 Å². The average molecular weight is 442 g/mol. The van der Waals surface area contributed by atoms with Crippen molar-refractivity contribution in [2.24, 2.45) is 0 Å². The maximum absolute atomic E-state index is 13.5. The van der Waals surface area contributed by atoms with Gasteiger partial charge in [0, 0.05) is 18.7 Å². The number of carbonyl (C=O) groups excluding carboxylic acids is 1. The molecule has 1 amide bonds. The van der Waals surface area contributed by atoms with E-state index in [1.54, 1.807) is 12.0 Å². The van der Waals surface area contributed by atoms with E-state index >= 15 is 0 Å². The molecule has 0 atom stereocenters. The van der Waals surface area contributed by atoms with Crippen LogP contribution in [0.5, 0.6) is 5.75 Å². The number of fused-ring (bicyclic) bond motifs is 2. The third-order valence-electron chi connectivity index (χ3n) is 4.83. The molecule has 1 heterocycles. The van der Waals surface area contributed by atoms with Crippen LogP contribution in [0.25, 0.3) is 21.0 Å². The molecule has 0 saturated heterocycles. The Balaban J connectivity index is 0.00000256. The summed E-state index contributed by atoms with van der Waals surface area (Å²) in [5.41, 5.74) is 1.45. The van der Waals surface area contributed by atoms with Gasteiger partial charge in [-0.1, -0.05) is 47.7 Å². The van der Waals surface area contributed by atoms with Crippen LogP contribution >= 0.6 is 23.7 Å². The third-order valence-corrected chi connectivity index (χ3v) is 5.88. The SMILES string of the molecule is COc1cccc2sc(N(CCN(C)C)C(=O)c3ccc4ccccc4c3)nc12.Cl. The van der Waals surface area contributed by atoms with Crippen LogP contribution < -0.4 is 9.64 Å². The molecule has 0 spiro atoms. The van der Waals surface area contributed by atoms with Crippen LogP contribution in [-0.4, -0.2) is 50.1 Å². The van der Waals surface area contributed by atoms with Gasteiger partial charge in [0.1, 0.15) is 11.3 Å². The van der Waals surface area contributed by atoms with Gasteiger partial charge in [0.25, 0.3) is 5.91 Å². The van der Waals surface area contributed by atoms with E-state index < -0.39 is 0 Å². The fraction of sp³-hybridized carbons (Fsp3) is 0.217. The van der Waals surface area contributed by atoms with Crippen LogP contribution in [-0.2, 0) is 0 Å². The molecule has 30 heavy (non-hydrogen) atoms. The Morgan fingerprint density at radius 2 is 1.77 bits per heavy atom. The van der Waals surface area contributed by atoms with Crippen molar-refractivity contribution in [1.82, 2.24) is 9.88 Å². The number of aromatic nitrogens is 1. The largest absolute Gasteiger partial charge is 0.494 e. The number of hydrogen-bond acceptors (Lipinski definition) is 5. The number of para-hydroxylation sites is 1. The summed E-state index contributed by atoms with van der Waals surface area (Å²) < 4.78 is 6.45. The maximum Gasteiger partial charge on any atom is 0.260 e. The Morgan fingerprint density at radius 3 is 2.50 bits per heavy atom. The Kier molecular flexibility index (Phi) is 6.92. The molecule has 1 aromatic heterocycles. The number of amides is 1. The zero-order chi connectivity index (χ0) is 20.4. The topological polar surface area (TPSA) is 45.7 Å². The van der Waals surface area contributed by atoms with Gasteiger partial charge in [-0.3, -0.25) is 9.69 Å². The maximum atomic E-state index is 13.5. The van der Waals surface area contributed by atoms with Gasteiger partial charge in [-0.2, -0.15) is 0 Å². The van der Waals surface area contributed by atoms with E-state index in [9.17, 15) is 4.79 Å². The fourth-order valence-electron chi connectivity index (χ4n) is 3.25. The summed E-state index contributed by atoms with van der Waals surface area (Å²) in [5, 5.41) is 2.86. The number of ether oxygens (including phenoxy) is 1. The molecular weight excluding hydrogens is 418 g/mol. The molecule has 0 unspecified atom stereocenters. The molecule has 0 N–H and O–H groups in total. The highest BCUT2D eigenvalue weighted by molar-refractivity contribution is 7.22. The lowest BCUT2D eigenvalue weighted by molar-refractivity contribution is 0.0985. The number of halogens is 1. The first kappa shape index (κ1) is 22.0. The van der Waals surface area contributed by atoms with Gasteiger partial charge in [0.15, 0.2) is 5.13 Å². The first-order chi connectivity index (χ1) is 14.1. The normalized spacial score (nSPS) is 10.9. The molecule has 0 saturated carbocycles. The Labute approximate surface area is 186 Å². The van der Waals surface area contributed by atoms with Crippen molar-refractivity contribution >= 4 is 55.8 Å². The predicted molar refractivity (Wildman–Crippen MR) is 128 cm³/mol. The quantitative estimate of drug-likeness (QED) is 0.418. The molecule has 0 bridgehead atoms. The van der Waals surface area contributed by atoms with E-state index in [4.69, 9.17) is 9.72 Å². The summed E-state index contributed by atoms with van der Waals surface area (Å²) in [4.78, 5) is 22.1. The van der Waals surface area contributed by atoms with Crippen LogP contribution in [0.15, 0.2) is 60.7 Å². The summed E-state index contributed by atoms with van der Waals surface area (Å²) in [6, 6.07) is 19.7. The summed E-state index contributed by atoms with van der Waals surface area (Å²) in [6.45, 7) is 1.30. The monoisotopic (exact) mass is 441 g/mol. The summed E-state index contributed by atoms with van der Waals surface area (Å²) >= 11 is 1.51. The van der Waals surface area contributed by atoms with Crippen molar-refractivity contribution in [2.75, 3.05) is 39.2 Å². The van der Waals surface area contributed by atoms with E-state index in [1.807, 2.05) is 74.8 Å². The van der Waals surface area contributed by atoms with E-state index in [-0.39, 0.29) is 18.3 Å². The van der Waals surface area contributed by atoms with Crippen molar-refractivity contribution in [3.63, 3.8) is 0 Å². The molecule has 0 radical (unpaired) electrons. The second kappa shape index (κ2) is 9.43. The minimum atomic E-state index is -0.0457. The zero-order valence-corrected chi connectivity index (χ0v) is 18.8. The van der Waals surface area contributed by atoms with Gasteiger partial charge >= 0.3 is 0 Å². The predicted octanol–water partition coefficient (Wildman–Crippen LogP) is 5.09. The number of hydrogen-bond donors (Lipinski definition) is 0. The number of carbonyl (C=O) groups is 1. The summed E-state index contributed by atoms with van der Waals surface area (Å²) in [7, 11) is 5.64. The van der Waals surface area contributed by atoms with Crippen LogP contribution in [0, 0.1) is 0 Å². The number of thiazole rings is 1. The number of nitrogens with zero attached hydrogens (tertiary/aromatic N) is 3. The minimum absolute atomic E-state index is 0. The summed E-state index contributed by atoms with van der Waals surface area (Å²) in [5.74, 6) is 0.673. The zero-order valence-electron chi connectivity index (χ0n) is 17.2. The lowest BCUT2D eigenvalue weighted by atomic mass is 10.1. The van der Waals surface area contributed by atoms with Crippen LogP contribution in [0.3, 0.4) is 0 Å². The third kappa shape index (κ3) is 4.41. The Bertz CT molecular complexity index is 1180. The molecular formula is C23H24ClN3O2S. The first-order valence-corrected chi connectivity index (χ1v) is 10.3. The first-order valence-electron chi connectivity index (χ1n) is 9.46. The van der Waals surface area contributed by atoms with Gasteiger partial charge in [-0.05, 0) is 49.1 Å². The number of benzene rings is 3.